The van der Waals surface area contributed by atoms with E-state index in [4.69, 9.17) is 29.4 Å². The summed E-state index contributed by atoms with van der Waals surface area (Å²) in [4.78, 5) is 57.2. The van der Waals surface area contributed by atoms with E-state index in [0.29, 0.717) is 40.6 Å². The van der Waals surface area contributed by atoms with Crippen LogP contribution in [0.15, 0.2) is 72.8 Å². The van der Waals surface area contributed by atoms with Crippen LogP contribution in [0.4, 0.5) is 0 Å². The zero-order valence-corrected chi connectivity index (χ0v) is 22.9. The summed E-state index contributed by atoms with van der Waals surface area (Å²) < 4.78 is 10.5. The van der Waals surface area contributed by atoms with E-state index in [0.717, 1.165) is 21.8 Å². The van der Waals surface area contributed by atoms with Gasteiger partial charge in [-0.3, -0.25) is 19.3 Å². The minimum absolute atomic E-state index is 0.0192. The Kier molecular flexibility index (Phi) is 7.94. The van der Waals surface area contributed by atoms with Gasteiger partial charge < -0.3 is 14.6 Å². The molecule has 1 aliphatic heterocycles. The van der Waals surface area contributed by atoms with Gasteiger partial charge in [-0.2, -0.15) is 0 Å². The van der Waals surface area contributed by atoms with Crippen molar-refractivity contribution in [1.29, 1.82) is 0 Å². The highest BCUT2D eigenvalue weighted by Crippen LogP contribution is 2.28. The summed E-state index contributed by atoms with van der Waals surface area (Å²) in [5.41, 5.74) is 5.12. The van der Waals surface area contributed by atoms with Crippen molar-refractivity contribution < 1.29 is 29.0 Å². The van der Waals surface area contributed by atoms with Crippen molar-refractivity contribution in [3.8, 4) is 22.8 Å². The molecule has 0 aliphatic carbocycles. The number of hydrogen-bond donors (Lipinski definition) is 1. The van der Waals surface area contributed by atoms with Crippen molar-refractivity contribution in [3.05, 3.63) is 84.2 Å². The highest BCUT2D eigenvalue weighted by Gasteiger charge is 2.26. The first-order chi connectivity index (χ1) is 21.0. The predicted octanol–water partition coefficient (Wildman–Crippen LogP) is 3.24. The summed E-state index contributed by atoms with van der Waals surface area (Å²) in [6.45, 7) is 0.231. The average molecular weight is 579 g/mol. The topological polar surface area (TPSA) is 148 Å². The Labute approximate surface area is 245 Å². The van der Waals surface area contributed by atoms with Crippen molar-refractivity contribution in [1.82, 2.24) is 29.7 Å². The molecule has 43 heavy (non-hydrogen) atoms. The minimum atomic E-state index is -1.07. The summed E-state index contributed by atoms with van der Waals surface area (Å²) in [6.07, 6.45) is -0.977. The van der Waals surface area contributed by atoms with Crippen LogP contribution in [0.3, 0.4) is 0 Å². The van der Waals surface area contributed by atoms with Gasteiger partial charge in [0.2, 0.25) is 0 Å². The molecule has 0 radical (unpaired) electrons. The summed E-state index contributed by atoms with van der Waals surface area (Å²) >= 11 is 0. The SMILES string of the molecule is O=COCN1Cc2cccc(n2)-c2ccc3ccc4ccc(nc4c3n2)-c2cccc(n2)CN(CC(=O)O)CC1OC=O. The Morgan fingerprint density at radius 3 is 1.88 bits per heavy atom. The number of ether oxygens (including phenoxy) is 2. The van der Waals surface area contributed by atoms with Crippen molar-refractivity contribution in [2.24, 2.45) is 0 Å². The highest BCUT2D eigenvalue weighted by molar-refractivity contribution is 6.04. The molecule has 0 fully saturated rings. The Balaban J connectivity index is 1.54. The summed E-state index contributed by atoms with van der Waals surface area (Å²) in [5.74, 6) is -1.07. The first-order valence-electron chi connectivity index (χ1n) is 13.5. The van der Waals surface area contributed by atoms with Crippen molar-refractivity contribution >= 4 is 40.7 Å². The number of aliphatic carboxylic acids is 1. The number of carbonyl (C=O) groups is 3. The first kappa shape index (κ1) is 27.8. The van der Waals surface area contributed by atoms with Gasteiger partial charge in [0.15, 0.2) is 6.23 Å². The molecule has 12 nitrogen and oxygen atoms in total. The molecular weight excluding hydrogens is 552 g/mol. The Hall–Kier alpha value is -5.33. The first-order valence-corrected chi connectivity index (χ1v) is 13.5. The van der Waals surface area contributed by atoms with Crippen LogP contribution >= 0.6 is 0 Å². The van der Waals surface area contributed by atoms with E-state index in [1.807, 2.05) is 60.7 Å². The van der Waals surface area contributed by atoms with Gasteiger partial charge in [-0.05, 0) is 36.4 Å². The molecule has 8 bridgehead atoms. The van der Waals surface area contributed by atoms with E-state index >= 15 is 0 Å². The largest absolute Gasteiger partial charge is 0.480 e. The maximum absolute atomic E-state index is 11.8. The lowest BCUT2D eigenvalue weighted by Gasteiger charge is -2.32. The minimum Gasteiger partial charge on any atom is -0.480 e. The van der Waals surface area contributed by atoms with Gasteiger partial charge in [-0.15, -0.1) is 0 Å². The van der Waals surface area contributed by atoms with Crippen LogP contribution in [0, 0.1) is 0 Å². The average Bonchev–Trinajstić information content (AvgIpc) is 3.02. The second kappa shape index (κ2) is 12.3. The fourth-order valence-corrected chi connectivity index (χ4v) is 5.17. The molecule has 0 saturated heterocycles. The lowest BCUT2D eigenvalue weighted by atomic mass is 10.1. The Bertz CT molecular complexity index is 1830. The predicted molar refractivity (Wildman–Crippen MR) is 155 cm³/mol. The quantitative estimate of drug-likeness (QED) is 0.223. The van der Waals surface area contributed by atoms with Crippen molar-refractivity contribution in [2.45, 2.75) is 19.3 Å². The Morgan fingerprint density at radius 1 is 0.767 bits per heavy atom. The zero-order chi connectivity index (χ0) is 29.8. The lowest BCUT2D eigenvalue weighted by Crippen LogP contribution is -2.47. The molecule has 4 aromatic heterocycles. The maximum atomic E-state index is 11.8. The number of aromatic nitrogens is 4. The second-order valence-electron chi connectivity index (χ2n) is 10.0. The molecule has 12 heteroatoms. The van der Waals surface area contributed by atoms with Gasteiger partial charge in [0.05, 0.1) is 58.3 Å². The smallest absolute Gasteiger partial charge is 0.317 e. The molecule has 0 spiro atoms. The molecule has 0 amide bonds. The monoisotopic (exact) mass is 578 g/mol. The van der Waals surface area contributed by atoms with Gasteiger partial charge in [0.1, 0.15) is 6.73 Å². The third-order valence-corrected chi connectivity index (χ3v) is 7.11. The van der Waals surface area contributed by atoms with Crippen LogP contribution in [-0.4, -0.2) is 79.8 Å². The summed E-state index contributed by atoms with van der Waals surface area (Å²) in [7, 11) is 0. The van der Waals surface area contributed by atoms with Crippen molar-refractivity contribution in [3.63, 3.8) is 0 Å². The fraction of sp³-hybridized carbons (Fsp3) is 0.194. The van der Waals surface area contributed by atoms with Gasteiger partial charge in [0.25, 0.3) is 12.9 Å². The molecule has 216 valence electrons. The molecule has 1 unspecified atom stereocenters. The Morgan fingerprint density at radius 2 is 1.33 bits per heavy atom. The van der Waals surface area contributed by atoms with E-state index in [-0.39, 0.29) is 39.4 Å². The van der Waals surface area contributed by atoms with E-state index in [9.17, 15) is 19.5 Å². The summed E-state index contributed by atoms with van der Waals surface area (Å²) in [6, 6.07) is 22.7. The normalized spacial score (nSPS) is 15.8. The molecule has 1 aliphatic rings. The van der Waals surface area contributed by atoms with Crippen molar-refractivity contribution in [2.75, 3.05) is 19.8 Å². The van der Waals surface area contributed by atoms with Crippen LogP contribution in [0.1, 0.15) is 11.4 Å². The molecule has 5 aromatic rings. The number of fused-ring (bicyclic) bond motifs is 8. The number of carbonyl (C=O) groups excluding carboxylic acids is 2. The molecule has 0 saturated carbocycles. The number of carboxylic acids is 1. The molecule has 5 heterocycles. The van der Waals surface area contributed by atoms with Gasteiger partial charge in [-0.1, -0.05) is 36.4 Å². The third-order valence-electron chi connectivity index (χ3n) is 7.11. The molecule has 1 N–H and O–H groups in total. The van der Waals surface area contributed by atoms with Gasteiger partial charge in [-0.25, -0.2) is 24.8 Å². The van der Waals surface area contributed by atoms with E-state index in [2.05, 4.69) is 0 Å². The highest BCUT2D eigenvalue weighted by atomic mass is 16.6. The maximum Gasteiger partial charge on any atom is 0.317 e. The number of carboxylic acid groups (broad SMARTS) is 1. The number of hydrogen-bond acceptors (Lipinski definition) is 11. The summed E-state index contributed by atoms with van der Waals surface area (Å²) in [5, 5.41) is 11.5. The van der Waals surface area contributed by atoms with Crippen LogP contribution in [-0.2, 0) is 36.9 Å². The van der Waals surface area contributed by atoms with Crippen LogP contribution in [0.2, 0.25) is 0 Å². The third kappa shape index (κ3) is 6.15. The lowest BCUT2D eigenvalue weighted by molar-refractivity contribution is -0.158. The van der Waals surface area contributed by atoms with Gasteiger partial charge in [0, 0.05) is 23.9 Å². The van der Waals surface area contributed by atoms with E-state index in [1.54, 1.807) is 21.9 Å². The number of pyridine rings is 4. The molecular formula is C31H26N6O6. The zero-order valence-electron chi connectivity index (χ0n) is 22.9. The number of benzene rings is 1. The van der Waals surface area contributed by atoms with Crippen LogP contribution in [0.25, 0.3) is 44.6 Å². The molecule has 1 aromatic carbocycles. The molecule has 1 atom stereocenters. The second-order valence-corrected chi connectivity index (χ2v) is 10.0. The number of nitrogens with zero attached hydrogens (tertiary/aromatic N) is 6. The molecule has 6 rings (SSSR count). The van der Waals surface area contributed by atoms with Gasteiger partial charge >= 0.3 is 5.97 Å². The van der Waals surface area contributed by atoms with Crippen LogP contribution < -0.4 is 0 Å². The van der Waals surface area contributed by atoms with Crippen LogP contribution in [0.5, 0.6) is 0 Å². The standard InChI is InChI=1S/C31H26N6O6/c38-18-42-17-37-14-23-4-2-6-25(33-23)27-12-10-21-8-7-20-9-11-26(34-30(20)31(21)35-27)24-5-1-3-22(32-24)13-36(16-29(40)41)15-28(37)43-19-39/h1-12,18-19,28H,13-17H2,(H,40,41). The van der Waals surface area contributed by atoms with E-state index in [1.165, 1.54) is 0 Å². The van der Waals surface area contributed by atoms with E-state index < -0.39 is 12.2 Å². The number of rotatable bonds is 7. The fourth-order valence-electron chi connectivity index (χ4n) is 5.17.